The van der Waals surface area contributed by atoms with Gasteiger partial charge in [0, 0.05) is 5.57 Å². The summed E-state index contributed by atoms with van der Waals surface area (Å²) in [5, 5.41) is 0. The Morgan fingerprint density at radius 3 is 1.75 bits per heavy atom. The highest BCUT2D eigenvalue weighted by molar-refractivity contribution is 5.86. The lowest BCUT2D eigenvalue weighted by atomic mass is 10.1. The summed E-state index contributed by atoms with van der Waals surface area (Å²) in [6, 6.07) is 17.2. The van der Waals surface area contributed by atoms with Crippen molar-refractivity contribution in [1.82, 2.24) is 0 Å². The number of unbranched alkanes of at least 4 members (excludes halogenated alkanes) is 9. The van der Waals surface area contributed by atoms with Crippen LogP contribution in [0.1, 0.15) is 101 Å². The normalized spacial score (nSPS) is 11.1. The zero-order valence-electron chi connectivity index (χ0n) is 22.6. The summed E-state index contributed by atoms with van der Waals surface area (Å²) in [6.45, 7) is 8.79. The summed E-state index contributed by atoms with van der Waals surface area (Å²) in [4.78, 5) is 11.3. The quantitative estimate of drug-likeness (QED) is 0.0852. The Kier molecular flexibility index (Phi) is 15.1. The number of rotatable bonds is 19. The molecule has 0 unspecified atom stereocenters. The molecule has 0 spiro atoms. The van der Waals surface area contributed by atoms with E-state index >= 15 is 0 Å². The Bertz CT molecular complexity index is 894. The van der Waals surface area contributed by atoms with Crippen molar-refractivity contribution in [1.29, 1.82) is 0 Å². The Morgan fingerprint density at radius 1 is 0.722 bits per heavy atom. The first kappa shape index (κ1) is 29.4. The van der Waals surface area contributed by atoms with Gasteiger partial charge in [0.15, 0.2) is 0 Å². The zero-order chi connectivity index (χ0) is 25.8. The van der Waals surface area contributed by atoms with Crippen LogP contribution in [0.15, 0.2) is 60.7 Å². The van der Waals surface area contributed by atoms with E-state index in [-0.39, 0.29) is 5.97 Å². The number of hydrogen-bond donors (Lipinski definition) is 0. The van der Waals surface area contributed by atoms with Gasteiger partial charge < -0.3 is 9.47 Å². The van der Waals surface area contributed by atoms with Crippen LogP contribution in [0.25, 0.3) is 12.2 Å². The summed E-state index contributed by atoms with van der Waals surface area (Å²) in [7, 11) is 0. The first-order valence-corrected chi connectivity index (χ1v) is 13.9. The van der Waals surface area contributed by atoms with Crippen LogP contribution in [-0.2, 0) is 16.0 Å². The minimum Gasteiger partial charge on any atom is -0.494 e. The molecule has 2 aromatic carbocycles. The molecule has 0 amide bonds. The first-order chi connectivity index (χ1) is 17.6. The van der Waals surface area contributed by atoms with Crippen molar-refractivity contribution in [2.75, 3.05) is 13.2 Å². The Balaban J connectivity index is 1.47. The zero-order valence-corrected chi connectivity index (χ0v) is 22.6. The fourth-order valence-electron chi connectivity index (χ4n) is 3.96. The molecule has 0 aliphatic carbocycles. The molecule has 3 nitrogen and oxygen atoms in total. The highest BCUT2D eigenvalue weighted by Gasteiger charge is 2.02. The van der Waals surface area contributed by atoms with Crippen LogP contribution in [0.2, 0.25) is 0 Å². The fourth-order valence-corrected chi connectivity index (χ4v) is 3.96. The molecular formula is C33H46O3. The van der Waals surface area contributed by atoms with Crippen molar-refractivity contribution in [3.05, 3.63) is 77.4 Å². The van der Waals surface area contributed by atoms with E-state index in [1.54, 1.807) is 6.92 Å². The summed E-state index contributed by atoms with van der Waals surface area (Å²) >= 11 is 0. The maximum absolute atomic E-state index is 11.3. The summed E-state index contributed by atoms with van der Waals surface area (Å²) < 4.78 is 11.0. The molecule has 196 valence electrons. The number of carbonyl (C=O) groups excluding carboxylic acids is 1. The number of esters is 1. The monoisotopic (exact) mass is 490 g/mol. The minimum atomic E-state index is -0.275. The smallest absolute Gasteiger partial charge is 0.333 e. The van der Waals surface area contributed by atoms with Gasteiger partial charge in [-0.15, -0.1) is 0 Å². The third kappa shape index (κ3) is 13.3. The molecular weight excluding hydrogens is 444 g/mol. The van der Waals surface area contributed by atoms with Crippen molar-refractivity contribution < 1.29 is 14.3 Å². The Labute approximate surface area is 219 Å². The van der Waals surface area contributed by atoms with Crippen LogP contribution < -0.4 is 4.74 Å². The molecule has 0 aliphatic rings. The van der Waals surface area contributed by atoms with E-state index < -0.39 is 0 Å². The second-order valence-electron chi connectivity index (χ2n) is 9.69. The third-order valence-corrected chi connectivity index (χ3v) is 6.29. The van der Waals surface area contributed by atoms with E-state index in [0.29, 0.717) is 12.2 Å². The van der Waals surface area contributed by atoms with Gasteiger partial charge in [0.1, 0.15) is 5.75 Å². The van der Waals surface area contributed by atoms with Crippen LogP contribution in [0.4, 0.5) is 0 Å². The number of benzene rings is 2. The second kappa shape index (κ2) is 18.5. The lowest BCUT2D eigenvalue weighted by molar-refractivity contribution is -0.139. The van der Waals surface area contributed by atoms with Gasteiger partial charge in [0.2, 0.25) is 0 Å². The predicted molar refractivity (Wildman–Crippen MR) is 153 cm³/mol. The van der Waals surface area contributed by atoms with Gasteiger partial charge in [-0.25, -0.2) is 4.79 Å². The van der Waals surface area contributed by atoms with Gasteiger partial charge in [0.05, 0.1) is 13.2 Å². The largest absolute Gasteiger partial charge is 0.494 e. The molecule has 2 aromatic rings. The molecule has 0 N–H and O–H groups in total. The van der Waals surface area contributed by atoms with Crippen molar-refractivity contribution in [2.45, 2.75) is 90.9 Å². The molecule has 0 atom stereocenters. The maximum Gasteiger partial charge on any atom is 0.333 e. The van der Waals surface area contributed by atoms with Gasteiger partial charge in [-0.05, 0) is 61.4 Å². The van der Waals surface area contributed by atoms with Crippen LogP contribution in [0.3, 0.4) is 0 Å². The molecule has 0 radical (unpaired) electrons. The van der Waals surface area contributed by atoms with E-state index in [4.69, 9.17) is 9.47 Å². The van der Waals surface area contributed by atoms with Gasteiger partial charge in [-0.1, -0.05) is 113 Å². The SMILES string of the molecule is C=C(C)C(=O)OCCCCCCCCCCCOc1ccc(/C=C/c2ccc(CCCC)cc2)cc1. The van der Waals surface area contributed by atoms with Gasteiger partial charge >= 0.3 is 5.97 Å². The van der Waals surface area contributed by atoms with Gasteiger partial charge in [0.25, 0.3) is 0 Å². The second-order valence-corrected chi connectivity index (χ2v) is 9.69. The average molecular weight is 491 g/mol. The number of ether oxygens (including phenoxy) is 2. The topological polar surface area (TPSA) is 35.5 Å². The number of carbonyl (C=O) groups is 1. The Hall–Kier alpha value is -2.81. The fraction of sp³-hybridized carbons (Fsp3) is 0.485. The minimum absolute atomic E-state index is 0.275. The average Bonchev–Trinajstić information content (AvgIpc) is 2.90. The van der Waals surface area contributed by atoms with Crippen LogP contribution >= 0.6 is 0 Å². The van der Waals surface area contributed by atoms with Crippen molar-refractivity contribution in [2.24, 2.45) is 0 Å². The Morgan fingerprint density at radius 2 is 1.22 bits per heavy atom. The molecule has 36 heavy (non-hydrogen) atoms. The molecule has 0 aromatic heterocycles. The van der Waals surface area contributed by atoms with E-state index in [1.165, 1.54) is 74.5 Å². The molecule has 0 heterocycles. The molecule has 3 heteroatoms. The molecule has 0 saturated carbocycles. The summed E-state index contributed by atoms with van der Waals surface area (Å²) in [5.74, 6) is 0.671. The van der Waals surface area contributed by atoms with Crippen LogP contribution in [0, 0.1) is 0 Å². The highest BCUT2D eigenvalue weighted by Crippen LogP contribution is 2.16. The number of aryl methyl sites for hydroxylation is 1. The van der Waals surface area contributed by atoms with Gasteiger partial charge in [-0.3, -0.25) is 0 Å². The van der Waals surface area contributed by atoms with Crippen molar-refractivity contribution in [3.8, 4) is 5.75 Å². The molecule has 0 saturated heterocycles. The molecule has 0 fully saturated rings. The molecule has 0 bridgehead atoms. The highest BCUT2D eigenvalue weighted by atomic mass is 16.5. The van der Waals surface area contributed by atoms with Gasteiger partial charge in [-0.2, -0.15) is 0 Å². The number of hydrogen-bond acceptors (Lipinski definition) is 3. The molecule has 0 aliphatic heterocycles. The van der Waals surface area contributed by atoms with Crippen molar-refractivity contribution in [3.63, 3.8) is 0 Å². The van der Waals surface area contributed by atoms with Crippen LogP contribution in [-0.4, -0.2) is 19.2 Å². The summed E-state index contributed by atoms with van der Waals surface area (Å²) in [5.41, 5.74) is 4.31. The molecule has 2 rings (SSSR count). The van der Waals surface area contributed by atoms with E-state index in [2.05, 4.69) is 74.2 Å². The standard InChI is InChI=1S/C33H46O3/c1-4-5-15-29-16-18-30(19-17-29)20-21-31-22-24-32(25-23-31)35-26-13-11-9-7-6-8-10-12-14-27-36-33(34)28(2)3/h16-25H,2,4-15,26-27H2,1,3H3/b21-20+. The van der Waals surface area contributed by atoms with Crippen LogP contribution in [0.5, 0.6) is 5.75 Å². The van der Waals surface area contributed by atoms with Crippen molar-refractivity contribution >= 4 is 18.1 Å². The van der Waals surface area contributed by atoms with E-state index in [9.17, 15) is 4.79 Å². The maximum atomic E-state index is 11.3. The third-order valence-electron chi connectivity index (χ3n) is 6.29. The summed E-state index contributed by atoms with van der Waals surface area (Å²) in [6.07, 6.45) is 18.7. The van der Waals surface area contributed by atoms with E-state index in [0.717, 1.165) is 31.6 Å². The van der Waals surface area contributed by atoms with E-state index in [1.807, 2.05) is 0 Å². The first-order valence-electron chi connectivity index (χ1n) is 13.9. The predicted octanol–water partition coefficient (Wildman–Crippen LogP) is 9.21. The lowest BCUT2D eigenvalue weighted by Crippen LogP contribution is -2.05. The lowest BCUT2D eigenvalue weighted by Gasteiger charge is -2.07.